The number of nitrogens with zero attached hydrogens (tertiary/aromatic N) is 1. The first-order valence-electron chi connectivity index (χ1n) is 8.83. The molecule has 4 nitrogen and oxygen atoms in total. The van der Waals surface area contributed by atoms with Crippen LogP contribution in [0.15, 0.2) is 12.2 Å². The van der Waals surface area contributed by atoms with Gasteiger partial charge in [-0.2, -0.15) is 0 Å². The van der Waals surface area contributed by atoms with E-state index < -0.39 is 12.1 Å². The van der Waals surface area contributed by atoms with Gasteiger partial charge < -0.3 is 14.7 Å². The minimum Gasteiger partial charge on any atom is -0.481 e. The van der Waals surface area contributed by atoms with Crippen molar-refractivity contribution in [2.75, 3.05) is 26.2 Å². The summed E-state index contributed by atoms with van der Waals surface area (Å²) in [6, 6.07) is 0. The van der Waals surface area contributed by atoms with E-state index in [0.29, 0.717) is 17.6 Å². The number of aliphatic hydroxyl groups is 1. The largest absolute Gasteiger partial charge is 0.481 e. The maximum atomic E-state index is 11.2. The Labute approximate surface area is 136 Å². The summed E-state index contributed by atoms with van der Waals surface area (Å²) < 4.78 is 0.694. The lowest BCUT2D eigenvalue weighted by molar-refractivity contribution is -0.932. The highest BCUT2D eigenvalue weighted by atomic mass is 16.4. The molecule has 0 aromatic carbocycles. The summed E-state index contributed by atoms with van der Waals surface area (Å²) in [4.78, 5) is 11.2. The van der Waals surface area contributed by atoms with E-state index in [1.54, 1.807) is 6.92 Å². The van der Waals surface area contributed by atoms with Crippen molar-refractivity contribution in [1.29, 1.82) is 0 Å². The first-order valence-corrected chi connectivity index (χ1v) is 8.83. The molecule has 0 saturated carbocycles. The molecule has 2 N–H and O–H groups in total. The van der Waals surface area contributed by atoms with Gasteiger partial charge in [0.1, 0.15) is 18.6 Å². The first kappa shape index (κ1) is 21.1. The van der Waals surface area contributed by atoms with Gasteiger partial charge in [-0.15, -0.1) is 0 Å². The van der Waals surface area contributed by atoms with Gasteiger partial charge in [-0.3, -0.25) is 4.79 Å². The molecular weight excluding hydrogens is 278 g/mol. The van der Waals surface area contributed by atoms with E-state index in [1.165, 1.54) is 0 Å². The van der Waals surface area contributed by atoms with Crippen molar-refractivity contribution in [3.05, 3.63) is 12.2 Å². The topological polar surface area (TPSA) is 57.5 Å². The van der Waals surface area contributed by atoms with Crippen molar-refractivity contribution in [3.63, 3.8) is 0 Å². The molecule has 4 heteroatoms. The van der Waals surface area contributed by atoms with Crippen LogP contribution >= 0.6 is 0 Å². The van der Waals surface area contributed by atoms with Crippen LogP contribution in [-0.2, 0) is 4.79 Å². The van der Waals surface area contributed by atoms with Gasteiger partial charge in [0, 0.05) is 0 Å². The van der Waals surface area contributed by atoms with Crippen LogP contribution in [0.5, 0.6) is 0 Å². The monoisotopic (exact) mass is 314 g/mol. The van der Waals surface area contributed by atoms with E-state index in [4.69, 9.17) is 0 Å². The molecule has 0 aliphatic rings. The molecule has 22 heavy (non-hydrogen) atoms. The van der Waals surface area contributed by atoms with Crippen molar-refractivity contribution in [1.82, 2.24) is 0 Å². The smallest absolute Gasteiger partial charge is 0.311 e. The molecule has 130 valence electrons. The average Bonchev–Trinajstić information content (AvgIpc) is 2.44. The zero-order valence-electron chi connectivity index (χ0n) is 14.9. The number of rotatable bonds is 13. The highest BCUT2D eigenvalue weighted by molar-refractivity contribution is 5.69. The van der Waals surface area contributed by atoms with Crippen LogP contribution in [0, 0.1) is 5.92 Å². The van der Waals surface area contributed by atoms with Crippen molar-refractivity contribution >= 4 is 5.97 Å². The van der Waals surface area contributed by atoms with Gasteiger partial charge in [-0.1, -0.05) is 45.8 Å². The van der Waals surface area contributed by atoms with E-state index in [-0.39, 0.29) is 5.92 Å². The summed E-state index contributed by atoms with van der Waals surface area (Å²) in [5.74, 6) is -1.13. The van der Waals surface area contributed by atoms with Crippen LogP contribution in [0.4, 0.5) is 0 Å². The number of unbranched alkanes of at least 4 members (excludes halogenated alkanes) is 2. The van der Waals surface area contributed by atoms with E-state index in [9.17, 15) is 15.0 Å². The van der Waals surface area contributed by atoms with Crippen molar-refractivity contribution in [3.8, 4) is 0 Å². The van der Waals surface area contributed by atoms with Gasteiger partial charge >= 0.3 is 5.97 Å². The number of carboxylic acids is 1. The maximum absolute atomic E-state index is 11.2. The van der Waals surface area contributed by atoms with E-state index >= 15 is 0 Å². The Morgan fingerprint density at radius 2 is 1.68 bits per heavy atom. The molecule has 0 spiro atoms. The fraction of sp³-hybridized carbons (Fsp3) is 0.833. The van der Waals surface area contributed by atoms with Crippen LogP contribution in [0.3, 0.4) is 0 Å². The third-order valence-corrected chi connectivity index (χ3v) is 4.14. The fourth-order valence-corrected chi connectivity index (χ4v) is 3.19. The molecule has 0 heterocycles. The molecule has 2 atom stereocenters. The molecule has 2 unspecified atom stereocenters. The van der Waals surface area contributed by atoms with Crippen LogP contribution < -0.4 is 0 Å². The molecule has 0 amide bonds. The van der Waals surface area contributed by atoms with E-state index in [1.807, 2.05) is 6.08 Å². The predicted molar refractivity (Wildman–Crippen MR) is 91.8 cm³/mol. The van der Waals surface area contributed by atoms with Gasteiger partial charge in [-0.05, 0) is 26.2 Å². The van der Waals surface area contributed by atoms with Crippen molar-refractivity contribution in [2.24, 2.45) is 5.92 Å². The van der Waals surface area contributed by atoms with E-state index in [0.717, 1.165) is 45.2 Å². The number of carboxylic acid groups (broad SMARTS) is 1. The van der Waals surface area contributed by atoms with Crippen LogP contribution in [0.25, 0.3) is 0 Å². The Morgan fingerprint density at radius 3 is 2.14 bits per heavy atom. The van der Waals surface area contributed by atoms with Crippen molar-refractivity contribution < 1.29 is 19.5 Å². The number of hydrogen-bond acceptors (Lipinski definition) is 2. The van der Waals surface area contributed by atoms with Gasteiger partial charge in [0.25, 0.3) is 0 Å². The highest BCUT2D eigenvalue weighted by Gasteiger charge is 2.32. The van der Waals surface area contributed by atoms with Crippen LogP contribution in [-0.4, -0.2) is 52.9 Å². The molecule has 0 rings (SSSR count). The Bertz CT molecular complexity index is 322. The third-order valence-electron chi connectivity index (χ3n) is 4.14. The Morgan fingerprint density at radius 1 is 1.09 bits per heavy atom. The summed E-state index contributed by atoms with van der Waals surface area (Å²) in [5.41, 5.74) is 0. The van der Waals surface area contributed by atoms with E-state index in [2.05, 4.69) is 26.8 Å². The number of aliphatic carboxylic acids is 1. The quantitative estimate of drug-likeness (QED) is 0.311. The number of aliphatic hydroxyl groups excluding tert-OH is 1. The number of carbonyl (C=O) groups is 1. The molecule has 0 saturated heterocycles. The minimum absolute atomic E-state index is 0.380. The summed E-state index contributed by atoms with van der Waals surface area (Å²) in [6.07, 6.45) is 8.75. The van der Waals surface area contributed by atoms with Gasteiger partial charge in [-0.25, -0.2) is 0 Å². The Hall–Kier alpha value is -0.870. The first-order chi connectivity index (χ1) is 10.4. The zero-order chi connectivity index (χ0) is 17.0. The lowest BCUT2D eigenvalue weighted by Crippen LogP contribution is -2.55. The Kier molecular flexibility index (Phi) is 11.2. The Balaban J connectivity index is 4.88. The molecule has 0 aromatic heterocycles. The molecule has 0 aliphatic heterocycles. The molecule has 0 aliphatic carbocycles. The third kappa shape index (κ3) is 8.54. The molecule has 0 aromatic rings. The fourth-order valence-electron chi connectivity index (χ4n) is 3.19. The zero-order valence-corrected chi connectivity index (χ0v) is 14.9. The second-order valence-corrected chi connectivity index (χ2v) is 6.53. The van der Waals surface area contributed by atoms with Gasteiger partial charge in [0.15, 0.2) is 0 Å². The number of allylic oxidation sites excluding steroid dienone is 1. The second kappa shape index (κ2) is 11.7. The summed E-state index contributed by atoms with van der Waals surface area (Å²) >= 11 is 0. The second-order valence-electron chi connectivity index (χ2n) is 6.53. The predicted octanol–water partition coefficient (Wildman–Crippen LogP) is 3.45. The van der Waals surface area contributed by atoms with Crippen LogP contribution in [0.2, 0.25) is 0 Å². The maximum Gasteiger partial charge on any atom is 0.311 e. The molecule has 0 bridgehead atoms. The van der Waals surface area contributed by atoms with Gasteiger partial charge in [0.2, 0.25) is 0 Å². The number of hydrogen-bond donors (Lipinski definition) is 2. The molecule has 0 fully saturated rings. The highest BCUT2D eigenvalue weighted by Crippen LogP contribution is 2.17. The number of quaternary nitrogens is 1. The van der Waals surface area contributed by atoms with Crippen molar-refractivity contribution in [2.45, 2.75) is 65.9 Å². The standard InChI is InChI=1S/C18H35NO3/c1-5-8-9-10-11-17(20)15-19(12-6-2,13-7-3)14-16(4)18(21)22/h10-11,16-17,20H,5-9,12-15H2,1-4H3/p+1/b11-10+. The van der Waals surface area contributed by atoms with Crippen LogP contribution in [0.1, 0.15) is 59.8 Å². The average molecular weight is 314 g/mol. The summed E-state index contributed by atoms with van der Waals surface area (Å²) in [6.45, 7) is 11.2. The summed E-state index contributed by atoms with van der Waals surface area (Å²) in [5, 5.41) is 19.6. The molecule has 0 radical (unpaired) electrons. The lowest BCUT2D eigenvalue weighted by Gasteiger charge is -2.40. The molecular formula is C18H36NO3+. The SMILES string of the molecule is CCCC/C=C/C(O)C[N+](CCC)(CCC)CC(C)C(=O)O. The lowest BCUT2D eigenvalue weighted by atomic mass is 10.1. The van der Waals surface area contributed by atoms with Gasteiger partial charge in [0.05, 0.1) is 19.6 Å². The minimum atomic E-state index is -0.748. The normalized spacial score (nSPS) is 15.1. The summed E-state index contributed by atoms with van der Waals surface area (Å²) in [7, 11) is 0.